The summed E-state index contributed by atoms with van der Waals surface area (Å²) in [6, 6.07) is 7.79. The first-order valence-corrected chi connectivity index (χ1v) is 7.90. The standard InChI is InChI=1S/C15H23NO2S/c1-4-18-15(17)14(10-11-19-5-2)16-13-8-6-12(3)7-9-13/h6-9,14,16H,4-5,10-11H2,1-3H3. The van der Waals surface area contributed by atoms with Gasteiger partial charge in [-0.1, -0.05) is 24.6 Å². The minimum absolute atomic E-state index is 0.167. The highest BCUT2D eigenvalue weighted by Gasteiger charge is 2.19. The van der Waals surface area contributed by atoms with E-state index < -0.39 is 0 Å². The zero-order valence-corrected chi connectivity index (χ0v) is 12.8. The van der Waals surface area contributed by atoms with Crippen molar-refractivity contribution in [2.75, 3.05) is 23.4 Å². The van der Waals surface area contributed by atoms with Gasteiger partial charge in [0.2, 0.25) is 0 Å². The van der Waals surface area contributed by atoms with Gasteiger partial charge in [0.05, 0.1) is 6.61 Å². The van der Waals surface area contributed by atoms with E-state index in [2.05, 4.69) is 12.2 Å². The molecule has 0 heterocycles. The van der Waals surface area contributed by atoms with Gasteiger partial charge in [0.15, 0.2) is 0 Å². The molecule has 0 aliphatic rings. The lowest BCUT2D eigenvalue weighted by Crippen LogP contribution is -2.32. The zero-order chi connectivity index (χ0) is 14.1. The number of aryl methyl sites for hydroxylation is 1. The van der Waals surface area contributed by atoms with Crippen molar-refractivity contribution in [1.29, 1.82) is 0 Å². The fourth-order valence-electron chi connectivity index (χ4n) is 1.69. The molecule has 0 fully saturated rings. The van der Waals surface area contributed by atoms with E-state index in [1.165, 1.54) is 5.56 Å². The molecule has 3 nitrogen and oxygen atoms in total. The lowest BCUT2D eigenvalue weighted by molar-refractivity contribution is -0.144. The summed E-state index contributed by atoms with van der Waals surface area (Å²) < 4.78 is 5.12. The normalized spacial score (nSPS) is 11.9. The van der Waals surface area contributed by atoms with Crippen molar-refractivity contribution in [3.63, 3.8) is 0 Å². The Labute approximate surface area is 120 Å². The van der Waals surface area contributed by atoms with Gasteiger partial charge in [-0.05, 0) is 43.9 Å². The zero-order valence-electron chi connectivity index (χ0n) is 11.9. The van der Waals surface area contributed by atoms with Gasteiger partial charge in [-0.3, -0.25) is 0 Å². The summed E-state index contributed by atoms with van der Waals surface area (Å²) in [6.45, 7) is 6.43. The van der Waals surface area contributed by atoms with E-state index in [0.717, 1.165) is 23.6 Å². The molecular formula is C15H23NO2S. The topological polar surface area (TPSA) is 38.3 Å². The van der Waals surface area contributed by atoms with E-state index in [9.17, 15) is 4.79 Å². The van der Waals surface area contributed by atoms with Crippen LogP contribution >= 0.6 is 11.8 Å². The highest BCUT2D eigenvalue weighted by molar-refractivity contribution is 7.99. The summed E-state index contributed by atoms with van der Waals surface area (Å²) in [4.78, 5) is 11.9. The van der Waals surface area contributed by atoms with Crippen LogP contribution in [0.15, 0.2) is 24.3 Å². The van der Waals surface area contributed by atoms with Gasteiger partial charge in [0.1, 0.15) is 6.04 Å². The van der Waals surface area contributed by atoms with Crippen LogP contribution in [0, 0.1) is 6.92 Å². The number of carbonyl (C=O) groups is 1. The Hall–Kier alpha value is -1.16. The van der Waals surface area contributed by atoms with Gasteiger partial charge in [-0.2, -0.15) is 11.8 Å². The van der Waals surface area contributed by atoms with Crippen molar-refractivity contribution in [2.24, 2.45) is 0 Å². The molecule has 0 radical (unpaired) electrons. The number of hydrogen-bond donors (Lipinski definition) is 1. The molecule has 4 heteroatoms. The van der Waals surface area contributed by atoms with E-state index >= 15 is 0 Å². The van der Waals surface area contributed by atoms with Crippen LogP contribution in [0.1, 0.15) is 25.8 Å². The Morgan fingerprint density at radius 1 is 1.32 bits per heavy atom. The number of carbonyl (C=O) groups excluding carboxylic acids is 1. The first-order chi connectivity index (χ1) is 9.17. The third-order valence-corrected chi connectivity index (χ3v) is 3.65. The second kappa shape index (κ2) is 8.86. The highest BCUT2D eigenvalue weighted by atomic mass is 32.2. The average Bonchev–Trinajstić information content (AvgIpc) is 2.40. The third kappa shape index (κ3) is 6.01. The lowest BCUT2D eigenvalue weighted by Gasteiger charge is -2.18. The maximum absolute atomic E-state index is 11.9. The predicted molar refractivity (Wildman–Crippen MR) is 82.8 cm³/mol. The molecule has 0 saturated carbocycles. The molecule has 0 bridgehead atoms. The van der Waals surface area contributed by atoms with Gasteiger partial charge in [-0.25, -0.2) is 4.79 Å². The summed E-state index contributed by atoms with van der Waals surface area (Å²) in [5, 5.41) is 3.26. The minimum Gasteiger partial charge on any atom is -0.464 e. The van der Waals surface area contributed by atoms with E-state index in [-0.39, 0.29) is 12.0 Å². The molecule has 1 aromatic rings. The van der Waals surface area contributed by atoms with Gasteiger partial charge < -0.3 is 10.1 Å². The van der Waals surface area contributed by atoms with Gasteiger partial charge in [0.25, 0.3) is 0 Å². The number of nitrogens with one attached hydrogen (secondary N) is 1. The quantitative estimate of drug-likeness (QED) is 0.585. The van der Waals surface area contributed by atoms with Crippen LogP contribution < -0.4 is 5.32 Å². The molecule has 1 atom stereocenters. The van der Waals surface area contributed by atoms with Crippen molar-refractivity contribution in [2.45, 2.75) is 33.2 Å². The Balaban J connectivity index is 2.61. The number of ether oxygens (including phenoxy) is 1. The third-order valence-electron chi connectivity index (χ3n) is 2.72. The summed E-state index contributed by atoms with van der Waals surface area (Å²) >= 11 is 1.84. The maximum atomic E-state index is 11.9. The molecule has 1 rings (SSSR count). The van der Waals surface area contributed by atoms with Crippen LogP contribution in [-0.2, 0) is 9.53 Å². The smallest absolute Gasteiger partial charge is 0.328 e. The molecule has 1 unspecified atom stereocenters. The number of rotatable bonds is 8. The van der Waals surface area contributed by atoms with E-state index in [1.54, 1.807) is 0 Å². The molecule has 0 amide bonds. The van der Waals surface area contributed by atoms with Gasteiger partial charge in [0, 0.05) is 5.69 Å². The Bertz CT molecular complexity index is 378. The highest BCUT2D eigenvalue weighted by Crippen LogP contribution is 2.14. The molecule has 0 saturated heterocycles. The second-order valence-corrected chi connectivity index (χ2v) is 5.69. The van der Waals surface area contributed by atoms with Crippen molar-refractivity contribution in [3.8, 4) is 0 Å². The molecule has 0 aromatic heterocycles. The number of esters is 1. The molecule has 106 valence electrons. The fourth-order valence-corrected chi connectivity index (χ4v) is 2.38. The first-order valence-electron chi connectivity index (χ1n) is 6.75. The summed E-state index contributed by atoms with van der Waals surface area (Å²) in [5.41, 5.74) is 2.17. The van der Waals surface area contributed by atoms with Crippen LogP contribution in [0.2, 0.25) is 0 Å². The van der Waals surface area contributed by atoms with Crippen LogP contribution in [0.3, 0.4) is 0 Å². The average molecular weight is 281 g/mol. The first kappa shape index (κ1) is 15.9. The molecule has 0 spiro atoms. The Morgan fingerprint density at radius 3 is 2.58 bits per heavy atom. The van der Waals surface area contributed by atoms with Gasteiger partial charge in [-0.15, -0.1) is 0 Å². The van der Waals surface area contributed by atoms with E-state index in [0.29, 0.717) is 6.61 Å². The Kier molecular flexibility index (Phi) is 7.41. The van der Waals surface area contributed by atoms with E-state index in [1.807, 2.05) is 49.9 Å². The van der Waals surface area contributed by atoms with Gasteiger partial charge >= 0.3 is 5.97 Å². The van der Waals surface area contributed by atoms with Crippen molar-refractivity contribution < 1.29 is 9.53 Å². The van der Waals surface area contributed by atoms with Crippen molar-refractivity contribution in [3.05, 3.63) is 29.8 Å². The fraction of sp³-hybridized carbons (Fsp3) is 0.533. The number of thioether (sulfide) groups is 1. The molecule has 0 aliphatic heterocycles. The number of hydrogen-bond acceptors (Lipinski definition) is 4. The van der Waals surface area contributed by atoms with Crippen LogP contribution in [0.4, 0.5) is 5.69 Å². The van der Waals surface area contributed by atoms with E-state index in [4.69, 9.17) is 4.74 Å². The molecule has 1 aromatic carbocycles. The summed E-state index contributed by atoms with van der Waals surface area (Å²) in [5.74, 6) is 1.86. The maximum Gasteiger partial charge on any atom is 0.328 e. The lowest BCUT2D eigenvalue weighted by atomic mass is 10.2. The monoisotopic (exact) mass is 281 g/mol. The van der Waals surface area contributed by atoms with Crippen LogP contribution in [0.5, 0.6) is 0 Å². The molecule has 1 N–H and O–H groups in total. The summed E-state index contributed by atoms with van der Waals surface area (Å²) in [6.07, 6.45) is 0.783. The van der Waals surface area contributed by atoms with Crippen molar-refractivity contribution >= 4 is 23.4 Å². The van der Waals surface area contributed by atoms with Crippen molar-refractivity contribution in [1.82, 2.24) is 0 Å². The minimum atomic E-state index is -0.262. The van der Waals surface area contributed by atoms with Crippen LogP contribution in [0.25, 0.3) is 0 Å². The number of benzene rings is 1. The Morgan fingerprint density at radius 2 is 2.00 bits per heavy atom. The molecule has 19 heavy (non-hydrogen) atoms. The SMILES string of the molecule is CCOC(=O)C(CCSCC)Nc1ccc(C)cc1. The predicted octanol–water partition coefficient (Wildman–Crippen LogP) is 3.48. The largest absolute Gasteiger partial charge is 0.464 e. The summed E-state index contributed by atoms with van der Waals surface area (Å²) in [7, 11) is 0. The second-order valence-electron chi connectivity index (χ2n) is 4.30. The number of anilines is 1. The molecule has 0 aliphatic carbocycles. The molecular weight excluding hydrogens is 258 g/mol. The van der Waals surface area contributed by atoms with Crippen LogP contribution in [-0.4, -0.2) is 30.1 Å².